The topological polar surface area (TPSA) is 88.2 Å². The molecule has 88 valence electrons. The van der Waals surface area contributed by atoms with Crippen molar-refractivity contribution in [1.29, 1.82) is 0 Å². The first-order valence-electron chi connectivity index (χ1n) is 4.67. The molecule has 0 aliphatic heterocycles. The van der Waals surface area contributed by atoms with Gasteiger partial charge in [-0.1, -0.05) is 11.6 Å². The van der Waals surface area contributed by atoms with Crippen molar-refractivity contribution >= 4 is 23.4 Å². The summed E-state index contributed by atoms with van der Waals surface area (Å²) in [4.78, 5) is 18.3. The van der Waals surface area contributed by atoms with Gasteiger partial charge in [-0.15, -0.1) is 0 Å². The number of carboxylic acids is 1. The van der Waals surface area contributed by atoms with E-state index in [-0.39, 0.29) is 10.6 Å². The van der Waals surface area contributed by atoms with Crippen LogP contribution < -0.4 is 5.32 Å². The van der Waals surface area contributed by atoms with Gasteiger partial charge in [0.15, 0.2) is 6.39 Å². The third-order valence-electron chi connectivity index (χ3n) is 2.00. The first-order valence-corrected chi connectivity index (χ1v) is 5.04. The Morgan fingerprint density at radius 2 is 2.35 bits per heavy atom. The van der Waals surface area contributed by atoms with Gasteiger partial charge >= 0.3 is 5.97 Å². The third kappa shape index (κ3) is 2.73. The fourth-order valence-electron chi connectivity index (χ4n) is 1.19. The number of carboxylic acid groups (broad SMARTS) is 1. The summed E-state index contributed by atoms with van der Waals surface area (Å²) in [6.07, 6.45) is 4.11. The molecule has 0 amide bonds. The number of hydrogen-bond donors (Lipinski definition) is 2. The van der Waals surface area contributed by atoms with Gasteiger partial charge in [-0.25, -0.2) is 14.8 Å². The van der Waals surface area contributed by atoms with E-state index in [0.29, 0.717) is 18.1 Å². The molecule has 0 bridgehead atoms. The molecule has 17 heavy (non-hydrogen) atoms. The van der Waals surface area contributed by atoms with Crippen molar-refractivity contribution in [1.82, 2.24) is 9.97 Å². The minimum absolute atomic E-state index is 0.0419. The number of anilines is 1. The fraction of sp³-hybridized carbons (Fsp3) is 0.100. The van der Waals surface area contributed by atoms with Crippen LogP contribution in [0.3, 0.4) is 0 Å². The largest absolute Gasteiger partial charge is 0.478 e. The average molecular weight is 254 g/mol. The molecule has 0 aromatic carbocycles. The van der Waals surface area contributed by atoms with Crippen LogP contribution in [-0.2, 0) is 6.54 Å². The molecule has 2 aromatic heterocycles. The summed E-state index contributed by atoms with van der Waals surface area (Å²) in [5.74, 6) is -0.0422. The Morgan fingerprint density at radius 1 is 1.53 bits per heavy atom. The highest BCUT2D eigenvalue weighted by atomic mass is 35.5. The third-order valence-corrected chi connectivity index (χ3v) is 2.29. The summed E-state index contributed by atoms with van der Waals surface area (Å²) in [6, 6.07) is 1.33. The molecule has 2 rings (SSSR count). The molecular weight excluding hydrogens is 246 g/mol. The molecule has 0 aliphatic carbocycles. The van der Waals surface area contributed by atoms with Gasteiger partial charge in [-0.3, -0.25) is 0 Å². The van der Waals surface area contributed by atoms with Gasteiger partial charge in [-0.2, -0.15) is 0 Å². The Hall–Kier alpha value is -2.08. The summed E-state index contributed by atoms with van der Waals surface area (Å²) >= 11 is 5.88. The first kappa shape index (κ1) is 11.4. The van der Waals surface area contributed by atoms with Crippen LogP contribution in [-0.4, -0.2) is 21.0 Å². The van der Waals surface area contributed by atoms with Gasteiger partial charge in [0.1, 0.15) is 11.6 Å². The van der Waals surface area contributed by atoms with Crippen LogP contribution in [0.25, 0.3) is 0 Å². The quantitative estimate of drug-likeness (QED) is 0.867. The summed E-state index contributed by atoms with van der Waals surface area (Å²) in [5.41, 5.74) is 0.0419. The van der Waals surface area contributed by atoms with Crippen molar-refractivity contribution in [3.8, 4) is 0 Å². The maximum Gasteiger partial charge on any atom is 0.337 e. The van der Waals surface area contributed by atoms with E-state index >= 15 is 0 Å². The molecule has 0 aliphatic rings. The van der Waals surface area contributed by atoms with Crippen molar-refractivity contribution in [2.24, 2.45) is 0 Å². The second-order valence-electron chi connectivity index (χ2n) is 3.18. The van der Waals surface area contributed by atoms with E-state index < -0.39 is 5.97 Å². The second-order valence-corrected chi connectivity index (χ2v) is 3.59. The Bertz CT molecular complexity index is 528. The zero-order valence-corrected chi connectivity index (χ0v) is 9.31. The van der Waals surface area contributed by atoms with E-state index in [1.165, 1.54) is 18.7 Å². The van der Waals surface area contributed by atoms with Gasteiger partial charge in [0.25, 0.3) is 0 Å². The number of oxazole rings is 1. The Balaban J connectivity index is 2.09. The van der Waals surface area contributed by atoms with Crippen LogP contribution >= 0.6 is 11.6 Å². The molecular formula is C10H8ClN3O3. The molecule has 2 heterocycles. The van der Waals surface area contributed by atoms with Crippen LogP contribution in [0, 0.1) is 0 Å². The predicted octanol–water partition coefficient (Wildman–Crippen LogP) is 2.03. The smallest absolute Gasteiger partial charge is 0.337 e. The lowest BCUT2D eigenvalue weighted by molar-refractivity contribution is 0.0696. The number of rotatable bonds is 4. The van der Waals surface area contributed by atoms with Crippen LogP contribution in [0.5, 0.6) is 0 Å². The molecule has 0 atom stereocenters. The molecule has 0 radical (unpaired) electrons. The highest BCUT2D eigenvalue weighted by Gasteiger charge is 2.08. The molecule has 0 saturated carbocycles. The highest BCUT2D eigenvalue weighted by molar-refractivity contribution is 6.33. The standard InChI is InChI=1S/C10H8ClN3O3/c11-8-1-6(10(15)16)2-13-9(8)14-4-7-3-12-5-17-7/h1-3,5H,4H2,(H,13,14)(H,15,16). The summed E-state index contributed by atoms with van der Waals surface area (Å²) in [7, 11) is 0. The number of aromatic nitrogens is 2. The lowest BCUT2D eigenvalue weighted by atomic mass is 10.3. The number of nitrogens with one attached hydrogen (secondary N) is 1. The Labute approximate surface area is 101 Å². The lowest BCUT2D eigenvalue weighted by Gasteiger charge is -2.05. The summed E-state index contributed by atoms with van der Waals surface area (Å²) < 4.78 is 5.02. The number of hydrogen-bond acceptors (Lipinski definition) is 5. The van der Waals surface area contributed by atoms with Crippen LogP contribution in [0.1, 0.15) is 16.1 Å². The zero-order valence-electron chi connectivity index (χ0n) is 8.55. The van der Waals surface area contributed by atoms with Crippen molar-refractivity contribution in [2.75, 3.05) is 5.32 Å². The summed E-state index contributed by atoms with van der Waals surface area (Å²) in [6.45, 7) is 0.374. The fourth-order valence-corrected chi connectivity index (χ4v) is 1.42. The minimum atomic E-state index is -1.07. The molecule has 2 N–H and O–H groups in total. The summed E-state index contributed by atoms with van der Waals surface area (Å²) in [5, 5.41) is 11.9. The van der Waals surface area contributed by atoms with Gasteiger partial charge < -0.3 is 14.8 Å². The van der Waals surface area contributed by atoms with Crippen LogP contribution in [0.2, 0.25) is 5.02 Å². The molecule has 0 unspecified atom stereocenters. The molecule has 6 nitrogen and oxygen atoms in total. The van der Waals surface area contributed by atoms with Gasteiger partial charge in [0.2, 0.25) is 0 Å². The molecule has 0 saturated heterocycles. The maximum absolute atomic E-state index is 10.7. The molecule has 0 spiro atoms. The normalized spacial score (nSPS) is 10.2. The first-order chi connectivity index (χ1) is 8.16. The van der Waals surface area contributed by atoms with E-state index in [0.717, 1.165) is 0 Å². The van der Waals surface area contributed by atoms with Crippen molar-refractivity contribution < 1.29 is 14.3 Å². The van der Waals surface area contributed by atoms with Gasteiger partial charge in [-0.05, 0) is 6.07 Å². The minimum Gasteiger partial charge on any atom is -0.478 e. The van der Waals surface area contributed by atoms with Crippen molar-refractivity contribution in [3.63, 3.8) is 0 Å². The predicted molar refractivity (Wildman–Crippen MR) is 60.0 cm³/mol. The number of carbonyl (C=O) groups is 1. The number of aromatic carboxylic acids is 1. The Kier molecular flexibility index (Phi) is 3.24. The highest BCUT2D eigenvalue weighted by Crippen LogP contribution is 2.20. The number of nitrogens with zero attached hydrogens (tertiary/aromatic N) is 2. The van der Waals surface area contributed by atoms with Crippen LogP contribution in [0.15, 0.2) is 29.3 Å². The average Bonchev–Trinajstić information content (AvgIpc) is 2.80. The second kappa shape index (κ2) is 4.84. The van der Waals surface area contributed by atoms with Crippen molar-refractivity contribution in [3.05, 3.63) is 41.2 Å². The van der Waals surface area contributed by atoms with Crippen LogP contribution in [0.4, 0.5) is 5.82 Å². The van der Waals surface area contributed by atoms with E-state index in [1.807, 2.05) is 0 Å². The number of halogens is 1. The lowest BCUT2D eigenvalue weighted by Crippen LogP contribution is -2.03. The van der Waals surface area contributed by atoms with Crippen molar-refractivity contribution in [2.45, 2.75) is 6.54 Å². The molecule has 0 fully saturated rings. The van der Waals surface area contributed by atoms with E-state index in [9.17, 15) is 4.79 Å². The zero-order chi connectivity index (χ0) is 12.3. The SMILES string of the molecule is O=C(O)c1cnc(NCc2cnco2)c(Cl)c1. The van der Waals surface area contributed by atoms with E-state index in [1.54, 1.807) is 6.20 Å². The molecule has 7 heteroatoms. The Morgan fingerprint density at radius 3 is 2.94 bits per heavy atom. The maximum atomic E-state index is 10.7. The molecule has 2 aromatic rings. The number of pyridine rings is 1. The monoisotopic (exact) mass is 253 g/mol. The van der Waals surface area contributed by atoms with Gasteiger partial charge in [0.05, 0.1) is 23.3 Å². The van der Waals surface area contributed by atoms with E-state index in [2.05, 4.69) is 15.3 Å². The van der Waals surface area contributed by atoms with Gasteiger partial charge in [0, 0.05) is 6.20 Å². The van der Waals surface area contributed by atoms with E-state index in [4.69, 9.17) is 21.1 Å².